The third kappa shape index (κ3) is 3.75. The molecule has 0 fully saturated rings. The second kappa shape index (κ2) is 6.05. The quantitative estimate of drug-likeness (QED) is 0.848. The number of nitrogens with one attached hydrogen (secondary N) is 1. The smallest absolute Gasteiger partial charge is 0.241 e. The zero-order valence-electron chi connectivity index (χ0n) is 11.8. The lowest BCUT2D eigenvalue weighted by molar-refractivity contribution is 0.567. The van der Waals surface area contributed by atoms with E-state index in [-0.39, 0.29) is 10.9 Å². The number of nitrogens with two attached hydrogens (primary N) is 1. The van der Waals surface area contributed by atoms with E-state index in [1.807, 2.05) is 6.92 Å². The van der Waals surface area contributed by atoms with Crippen molar-refractivity contribution in [3.05, 3.63) is 58.6 Å². The summed E-state index contributed by atoms with van der Waals surface area (Å²) in [6.45, 7) is 3.60. The first-order valence-corrected chi connectivity index (χ1v) is 8.29. The standard InChI is InChI=1S/C15H17ClN2O2S/c1-10-3-8-14(9-15(10)17)21(19,20)18-11(2)12-4-6-13(16)7-5-12/h3-9,11,18H,17H2,1-2H3. The number of rotatable bonds is 4. The fourth-order valence-corrected chi connectivity index (χ4v) is 3.30. The normalized spacial score (nSPS) is 13.1. The van der Waals surface area contributed by atoms with Gasteiger partial charge < -0.3 is 5.73 Å². The Kier molecular flexibility index (Phi) is 4.56. The molecule has 0 aliphatic carbocycles. The molecule has 0 amide bonds. The van der Waals surface area contributed by atoms with E-state index < -0.39 is 10.0 Å². The van der Waals surface area contributed by atoms with Crippen LogP contribution < -0.4 is 10.5 Å². The molecule has 21 heavy (non-hydrogen) atoms. The van der Waals surface area contributed by atoms with E-state index in [0.717, 1.165) is 11.1 Å². The monoisotopic (exact) mass is 324 g/mol. The molecule has 2 aromatic carbocycles. The first-order valence-electron chi connectivity index (χ1n) is 6.43. The molecule has 0 saturated heterocycles. The van der Waals surface area contributed by atoms with Gasteiger partial charge in [-0.2, -0.15) is 0 Å². The fourth-order valence-electron chi connectivity index (χ4n) is 1.91. The van der Waals surface area contributed by atoms with Crippen LogP contribution >= 0.6 is 11.6 Å². The van der Waals surface area contributed by atoms with Crippen LogP contribution in [0.25, 0.3) is 0 Å². The summed E-state index contributed by atoms with van der Waals surface area (Å²) in [7, 11) is -3.62. The Labute approximate surface area is 130 Å². The Morgan fingerprint density at radius 1 is 1.14 bits per heavy atom. The van der Waals surface area contributed by atoms with Crippen LogP contribution in [0.4, 0.5) is 5.69 Å². The van der Waals surface area contributed by atoms with Crippen molar-refractivity contribution in [3.8, 4) is 0 Å². The van der Waals surface area contributed by atoms with Gasteiger partial charge in [-0.25, -0.2) is 13.1 Å². The summed E-state index contributed by atoms with van der Waals surface area (Å²) in [5.74, 6) is 0. The summed E-state index contributed by atoms with van der Waals surface area (Å²) in [6.07, 6.45) is 0. The van der Waals surface area contributed by atoms with E-state index >= 15 is 0 Å². The van der Waals surface area contributed by atoms with Crippen LogP contribution in [0, 0.1) is 6.92 Å². The highest BCUT2D eigenvalue weighted by Gasteiger charge is 2.18. The molecule has 0 aromatic heterocycles. The number of halogens is 1. The second-order valence-corrected chi connectivity index (χ2v) is 7.06. The zero-order valence-corrected chi connectivity index (χ0v) is 13.4. The lowest BCUT2D eigenvalue weighted by Crippen LogP contribution is -2.27. The maximum atomic E-state index is 12.4. The molecule has 0 saturated carbocycles. The molecular weight excluding hydrogens is 308 g/mol. The molecule has 3 N–H and O–H groups in total. The summed E-state index contributed by atoms with van der Waals surface area (Å²) in [5, 5.41) is 0.611. The Bertz CT molecular complexity index is 743. The van der Waals surface area contributed by atoms with Crippen molar-refractivity contribution in [2.75, 3.05) is 5.73 Å². The molecule has 2 aromatic rings. The van der Waals surface area contributed by atoms with Gasteiger partial charge in [0.05, 0.1) is 4.90 Å². The van der Waals surface area contributed by atoms with E-state index in [0.29, 0.717) is 10.7 Å². The SMILES string of the molecule is Cc1ccc(S(=O)(=O)NC(C)c2ccc(Cl)cc2)cc1N. The van der Waals surface area contributed by atoms with Crippen LogP contribution in [0.5, 0.6) is 0 Å². The van der Waals surface area contributed by atoms with Gasteiger partial charge in [-0.3, -0.25) is 0 Å². The Balaban J connectivity index is 2.24. The van der Waals surface area contributed by atoms with Crippen molar-refractivity contribution >= 4 is 27.3 Å². The van der Waals surface area contributed by atoms with E-state index in [4.69, 9.17) is 17.3 Å². The number of hydrogen-bond acceptors (Lipinski definition) is 3. The molecule has 6 heteroatoms. The van der Waals surface area contributed by atoms with Crippen LogP contribution in [-0.4, -0.2) is 8.42 Å². The number of hydrogen-bond donors (Lipinski definition) is 2. The fraction of sp³-hybridized carbons (Fsp3) is 0.200. The van der Waals surface area contributed by atoms with Gasteiger partial charge in [-0.1, -0.05) is 29.8 Å². The molecule has 0 radical (unpaired) electrons. The number of benzene rings is 2. The molecular formula is C15H17ClN2O2S. The van der Waals surface area contributed by atoms with Crippen molar-refractivity contribution < 1.29 is 8.42 Å². The van der Waals surface area contributed by atoms with Crippen molar-refractivity contribution in [2.24, 2.45) is 0 Å². The summed E-state index contributed by atoms with van der Waals surface area (Å²) in [5.41, 5.74) is 7.91. The molecule has 0 heterocycles. The van der Waals surface area contributed by atoms with Gasteiger partial charge in [0, 0.05) is 16.8 Å². The van der Waals surface area contributed by atoms with Crippen molar-refractivity contribution in [1.29, 1.82) is 0 Å². The number of aryl methyl sites for hydroxylation is 1. The average molecular weight is 325 g/mol. The predicted octanol–water partition coefficient (Wildman–Crippen LogP) is 3.27. The van der Waals surface area contributed by atoms with Gasteiger partial charge in [0.1, 0.15) is 0 Å². The van der Waals surface area contributed by atoms with Gasteiger partial charge in [0.25, 0.3) is 0 Å². The third-order valence-corrected chi connectivity index (χ3v) is 5.05. The van der Waals surface area contributed by atoms with E-state index in [1.165, 1.54) is 6.07 Å². The highest BCUT2D eigenvalue weighted by molar-refractivity contribution is 7.89. The molecule has 0 spiro atoms. The second-order valence-electron chi connectivity index (χ2n) is 4.91. The number of nitrogen functional groups attached to an aromatic ring is 1. The lowest BCUT2D eigenvalue weighted by atomic mass is 10.1. The first kappa shape index (κ1) is 15.8. The number of sulfonamides is 1. The minimum absolute atomic E-state index is 0.159. The van der Waals surface area contributed by atoms with E-state index in [2.05, 4.69) is 4.72 Å². The third-order valence-electron chi connectivity index (χ3n) is 3.26. The number of anilines is 1. The molecule has 1 unspecified atom stereocenters. The zero-order chi connectivity index (χ0) is 15.6. The molecule has 0 bridgehead atoms. The van der Waals surface area contributed by atoms with Crippen LogP contribution in [0.3, 0.4) is 0 Å². The predicted molar refractivity (Wildman–Crippen MR) is 85.8 cm³/mol. The average Bonchev–Trinajstić information content (AvgIpc) is 2.42. The molecule has 1 atom stereocenters. The summed E-state index contributed by atoms with van der Waals surface area (Å²) in [6, 6.07) is 11.4. The molecule has 0 aliphatic heterocycles. The largest absolute Gasteiger partial charge is 0.398 e. The Hall–Kier alpha value is -1.56. The van der Waals surface area contributed by atoms with Crippen LogP contribution in [0.2, 0.25) is 5.02 Å². The van der Waals surface area contributed by atoms with Crippen LogP contribution in [-0.2, 0) is 10.0 Å². The first-order chi connectivity index (χ1) is 9.79. The maximum absolute atomic E-state index is 12.4. The summed E-state index contributed by atoms with van der Waals surface area (Å²) in [4.78, 5) is 0.159. The van der Waals surface area contributed by atoms with Crippen LogP contribution in [0.1, 0.15) is 24.1 Å². The minimum atomic E-state index is -3.62. The van der Waals surface area contributed by atoms with E-state index in [1.54, 1.807) is 43.3 Å². The van der Waals surface area contributed by atoms with Gasteiger partial charge in [-0.15, -0.1) is 0 Å². The van der Waals surface area contributed by atoms with Gasteiger partial charge >= 0.3 is 0 Å². The van der Waals surface area contributed by atoms with Gasteiger partial charge in [0.2, 0.25) is 10.0 Å². The topological polar surface area (TPSA) is 72.2 Å². The van der Waals surface area contributed by atoms with Gasteiger partial charge in [-0.05, 0) is 49.2 Å². The van der Waals surface area contributed by atoms with Crippen LogP contribution in [0.15, 0.2) is 47.4 Å². The minimum Gasteiger partial charge on any atom is -0.398 e. The Morgan fingerprint density at radius 3 is 2.33 bits per heavy atom. The Morgan fingerprint density at radius 2 is 1.76 bits per heavy atom. The molecule has 112 valence electrons. The molecule has 4 nitrogen and oxygen atoms in total. The van der Waals surface area contributed by atoms with Crippen molar-refractivity contribution in [1.82, 2.24) is 4.72 Å². The molecule has 0 aliphatic rings. The maximum Gasteiger partial charge on any atom is 0.241 e. The summed E-state index contributed by atoms with van der Waals surface area (Å²) >= 11 is 5.83. The lowest BCUT2D eigenvalue weighted by Gasteiger charge is -2.15. The molecule has 2 rings (SSSR count). The van der Waals surface area contributed by atoms with Crippen molar-refractivity contribution in [3.63, 3.8) is 0 Å². The highest BCUT2D eigenvalue weighted by atomic mass is 35.5. The van der Waals surface area contributed by atoms with Crippen molar-refractivity contribution in [2.45, 2.75) is 24.8 Å². The summed E-state index contributed by atoms with van der Waals surface area (Å²) < 4.78 is 27.3. The van der Waals surface area contributed by atoms with Gasteiger partial charge in [0.15, 0.2) is 0 Å². The highest BCUT2D eigenvalue weighted by Crippen LogP contribution is 2.21. The van der Waals surface area contributed by atoms with E-state index in [9.17, 15) is 8.42 Å².